The number of fused-ring (bicyclic) bond motifs is 1. The maximum atomic E-state index is 13.4. The SMILES string of the molecule is COc1ccc(C)cc1-n1c(SCC(=O)N[C@](C)(C#N)C(C)C)nc2ccccc2c1=O. The van der Waals surface area contributed by atoms with E-state index in [1.807, 2.05) is 39.0 Å². The van der Waals surface area contributed by atoms with Crippen LogP contribution in [-0.2, 0) is 4.79 Å². The minimum atomic E-state index is -0.978. The summed E-state index contributed by atoms with van der Waals surface area (Å²) in [7, 11) is 1.54. The van der Waals surface area contributed by atoms with Gasteiger partial charge in [-0.1, -0.05) is 43.8 Å². The predicted octanol–water partition coefficient (Wildman–Crippen LogP) is 3.85. The van der Waals surface area contributed by atoms with Gasteiger partial charge in [-0.05, 0) is 49.6 Å². The van der Waals surface area contributed by atoms with Gasteiger partial charge in [-0.25, -0.2) is 4.98 Å². The molecule has 0 saturated carbocycles. The molecule has 7 nitrogen and oxygen atoms in total. The summed E-state index contributed by atoms with van der Waals surface area (Å²) >= 11 is 1.14. The normalized spacial score (nSPS) is 12.9. The van der Waals surface area contributed by atoms with Crippen molar-refractivity contribution in [2.75, 3.05) is 12.9 Å². The van der Waals surface area contributed by atoms with E-state index in [0.29, 0.717) is 27.5 Å². The number of nitrogens with zero attached hydrogens (tertiary/aromatic N) is 3. The van der Waals surface area contributed by atoms with E-state index in [9.17, 15) is 14.9 Å². The molecule has 1 atom stereocenters. The summed E-state index contributed by atoms with van der Waals surface area (Å²) in [6.45, 7) is 7.38. The second-order valence-electron chi connectivity index (χ2n) is 8.03. The van der Waals surface area contributed by atoms with Crippen molar-refractivity contribution in [3.05, 3.63) is 58.4 Å². The number of carbonyl (C=O) groups is 1. The first kappa shape index (κ1) is 23.4. The van der Waals surface area contributed by atoms with Crippen molar-refractivity contribution in [1.82, 2.24) is 14.9 Å². The highest BCUT2D eigenvalue weighted by Crippen LogP contribution is 2.28. The third kappa shape index (κ3) is 4.63. The lowest BCUT2D eigenvalue weighted by Gasteiger charge is -2.27. The number of hydrogen-bond acceptors (Lipinski definition) is 6. The third-order valence-corrected chi connectivity index (χ3v) is 6.38. The van der Waals surface area contributed by atoms with Crippen molar-refractivity contribution < 1.29 is 9.53 Å². The summed E-state index contributed by atoms with van der Waals surface area (Å²) in [6, 6.07) is 14.8. The number of ether oxygens (including phenoxy) is 1. The minimum Gasteiger partial charge on any atom is -0.495 e. The number of para-hydroxylation sites is 1. The van der Waals surface area contributed by atoms with Crippen LogP contribution in [0.5, 0.6) is 5.75 Å². The zero-order chi connectivity index (χ0) is 23.5. The van der Waals surface area contributed by atoms with Crippen LogP contribution in [0, 0.1) is 24.2 Å². The first-order chi connectivity index (χ1) is 15.2. The van der Waals surface area contributed by atoms with Crippen LogP contribution in [0.3, 0.4) is 0 Å². The third-order valence-electron chi connectivity index (χ3n) is 5.44. The number of nitriles is 1. The number of benzene rings is 2. The van der Waals surface area contributed by atoms with Gasteiger partial charge < -0.3 is 10.1 Å². The number of thioether (sulfide) groups is 1. The van der Waals surface area contributed by atoms with E-state index in [-0.39, 0.29) is 23.1 Å². The maximum Gasteiger partial charge on any atom is 0.266 e. The summed E-state index contributed by atoms with van der Waals surface area (Å²) in [4.78, 5) is 30.8. The van der Waals surface area contributed by atoms with E-state index in [0.717, 1.165) is 17.3 Å². The van der Waals surface area contributed by atoms with Crippen molar-refractivity contribution >= 4 is 28.6 Å². The molecule has 0 unspecified atom stereocenters. The Morgan fingerprint density at radius 2 is 2.03 bits per heavy atom. The summed E-state index contributed by atoms with van der Waals surface area (Å²) in [6.07, 6.45) is 0. The van der Waals surface area contributed by atoms with E-state index >= 15 is 0 Å². The maximum absolute atomic E-state index is 13.4. The Morgan fingerprint density at radius 1 is 1.31 bits per heavy atom. The van der Waals surface area contributed by atoms with Gasteiger partial charge in [0, 0.05) is 0 Å². The quantitative estimate of drug-likeness (QED) is 0.434. The molecule has 166 valence electrons. The molecular formula is C24H26N4O3S. The lowest BCUT2D eigenvalue weighted by molar-refractivity contribution is -0.120. The largest absolute Gasteiger partial charge is 0.495 e. The number of amides is 1. The van der Waals surface area contributed by atoms with Gasteiger partial charge in [-0.2, -0.15) is 5.26 Å². The highest BCUT2D eigenvalue weighted by molar-refractivity contribution is 7.99. The second kappa shape index (κ2) is 9.45. The molecular weight excluding hydrogens is 424 g/mol. The number of aromatic nitrogens is 2. The Bertz CT molecular complexity index is 1260. The highest BCUT2D eigenvalue weighted by atomic mass is 32.2. The summed E-state index contributed by atoms with van der Waals surface area (Å²) in [5.74, 6) is 0.161. The Balaban J connectivity index is 2.06. The van der Waals surface area contributed by atoms with Crippen LogP contribution in [0.25, 0.3) is 16.6 Å². The molecule has 0 radical (unpaired) electrons. The summed E-state index contributed by atoms with van der Waals surface area (Å²) in [5, 5.41) is 13.1. The first-order valence-corrected chi connectivity index (χ1v) is 11.2. The van der Waals surface area contributed by atoms with Crippen LogP contribution in [0.1, 0.15) is 26.3 Å². The fraction of sp³-hybridized carbons (Fsp3) is 0.333. The Hall–Kier alpha value is -3.31. The average Bonchev–Trinajstić information content (AvgIpc) is 2.77. The molecule has 0 aliphatic carbocycles. The first-order valence-electron chi connectivity index (χ1n) is 10.2. The van der Waals surface area contributed by atoms with Gasteiger partial charge in [0.15, 0.2) is 5.16 Å². The van der Waals surface area contributed by atoms with E-state index < -0.39 is 5.54 Å². The van der Waals surface area contributed by atoms with Crippen LogP contribution in [0.2, 0.25) is 0 Å². The molecule has 1 aromatic heterocycles. The Kier molecular flexibility index (Phi) is 6.90. The van der Waals surface area contributed by atoms with Gasteiger partial charge in [-0.3, -0.25) is 14.2 Å². The number of methoxy groups -OCH3 is 1. The van der Waals surface area contributed by atoms with E-state index in [1.165, 1.54) is 4.57 Å². The van der Waals surface area contributed by atoms with Gasteiger partial charge >= 0.3 is 0 Å². The lowest BCUT2D eigenvalue weighted by Crippen LogP contribution is -2.49. The minimum absolute atomic E-state index is 0.00288. The van der Waals surface area contributed by atoms with Crippen molar-refractivity contribution in [1.29, 1.82) is 5.26 Å². The van der Waals surface area contributed by atoms with Crippen LogP contribution >= 0.6 is 11.8 Å². The smallest absolute Gasteiger partial charge is 0.266 e. The molecule has 1 heterocycles. The molecule has 1 amide bonds. The zero-order valence-corrected chi connectivity index (χ0v) is 19.6. The number of nitrogens with one attached hydrogen (secondary N) is 1. The van der Waals surface area contributed by atoms with Crippen LogP contribution in [0.4, 0.5) is 0 Å². The molecule has 3 rings (SSSR count). The van der Waals surface area contributed by atoms with Gasteiger partial charge in [0.2, 0.25) is 5.91 Å². The molecule has 0 bridgehead atoms. The van der Waals surface area contributed by atoms with Crippen molar-refractivity contribution in [3.63, 3.8) is 0 Å². The molecule has 0 fully saturated rings. The van der Waals surface area contributed by atoms with Crippen molar-refractivity contribution in [2.45, 2.75) is 38.4 Å². The molecule has 0 aliphatic rings. The van der Waals surface area contributed by atoms with Crippen LogP contribution < -0.4 is 15.6 Å². The zero-order valence-electron chi connectivity index (χ0n) is 18.8. The predicted molar refractivity (Wildman–Crippen MR) is 126 cm³/mol. The monoisotopic (exact) mass is 450 g/mol. The van der Waals surface area contributed by atoms with E-state index in [2.05, 4.69) is 16.4 Å². The average molecular weight is 451 g/mol. The van der Waals surface area contributed by atoms with Crippen LogP contribution in [-0.4, -0.2) is 33.9 Å². The number of carbonyl (C=O) groups excluding carboxylic acids is 1. The molecule has 0 saturated heterocycles. The topological polar surface area (TPSA) is 97.0 Å². The molecule has 32 heavy (non-hydrogen) atoms. The standard InChI is InChI=1S/C24H26N4O3S/c1-15(2)24(4,14-25)27-21(29)13-32-23-26-18-9-7-6-8-17(18)22(30)28(23)19-12-16(3)10-11-20(19)31-5/h6-12,15H,13H2,1-5H3,(H,27,29)/t24-/m1/s1. The molecule has 2 aromatic carbocycles. The van der Waals surface area contributed by atoms with Crippen molar-refractivity contribution in [2.24, 2.45) is 5.92 Å². The number of hydrogen-bond donors (Lipinski definition) is 1. The molecule has 1 N–H and O–H groups in total. The molecule has 0 aliphatic heterocycles. The van der Waals surface area contributed by atoms with Gasteiger partial charge in [0.25, 0.3) is 5.56 Å². The fourth-order valence-electron chi connectivity index (χ4n) is 3.15. The lowest BCUT2D eigenvalue weighted by atomic mass is 9.90. The van der Waals surface area contributed by atoms with E-state index in [4.69, 9.17) is 4.74 Å². The van der Waals surface area contributed by atoms with E-state index in [1.54, 1.807) is 38.3 Å². The Labute approximate surface area is 191 Å². The summed E-state index contributed by atoms with van der Waals surface area (Å²) in [5.41, 5.74) is 0.839. The molecule has 8 heteroatoms. The van der Waals surface area contributed by atoms with Gasteiger partial charge in [-0.15, -0.1) is 0 Å². The Morgan fingerprint density at radius 3 is 2.69 bits per heavy atom. The summed E-state index contributed by atoms with van der Waals surface area (Å²) < 4.78 is 6.98. The fourth-order valence-corrected chi connectivity index (χ4v) is 3.96. The second-order valence-corrected chi connectivity index (χ2v) is 8.98. The van der Waals surface area contributed by atoms with Crippen molar-refractivity contribution in [3.8, 4) is 17.5 Å². The van der Waals surface area contributed by atoms with Gasteiger partial charge in [0.05, 0.1) is 35.5 Å². The molecule has 3 aromatic rings. The number of rotatable bonds is 7. The number of aryl methyl sites for hydroxylation is 1. The highest BCUT2D eigenvalue weighted by Gasteiger charge is 2.30. The molecule has 0 spiro atoms. The van der Waals surface area contributed by atoms with Gasteiger partial charge in [0.1, 0.15) is 11.3 Å². The van der Waals surface area contributed by atoms with Crippen LogP contribution in [0.15, 0.2) is 52.4 Å².